The van der Waals surface area contributed by atoms with Crippen LogP contribution in [0.25, 0.3) is 10.9 Å². The maximum absolute atomic E-state index is 12.2. The van der Waals surface area contributed by atoms with Crippen molar-refractivity contribution >= 4 is 22.6 Å². The molecule has 4 nitrogen and oxygen atoms in total. The third-order valence-corrected chi connectivity index (χ3v) is 4.57. The topological polar surface area (TPSA) is 46.1 Å². The Hall–Kier alpha value is -1.97. The molecule has 1 aromatic heterocycles. The van der Waals surface area contributed by atoms with Crippen LogP contribution < -0.4 is 10.6 Å². The number of para-hydroxylation sites is 1. The van der Waals surface area contributed by atoms with Crippen LogP contribution in [0.2, 0.25) is 0 Å². The molecule has 0 spiro atoms. The largest absolute Gasteiger partial charge is 0.348 e. The minimum Gasteiger partial charge on any atom is -0.348 e. The van der Waals surface area contributed by atoms with Crippen molar-refractivity contribution in [3.8, 4) is 0 Å². The Morgan fingerprint density at radius 2 is 2.00 bits per heavy atom. The monoisotopic (exact) mass is 285 g/mol. The van der Waals surface area contributed by atoms with Gasteiger partial charge in [-0.25, -0.2) is 4.79 Å². The Morgan fingerprint density at radius 1 is 1.24 bits per heavy atom. The molecule has 2 atom stereocenters. The third-order valence-electron chi connectivity index (χ3n) is 4.57. The van der Waals surface area contributed by atoms with Crippen molar-refractivity contribution in [2.45, 2.75) is 38.6 Å². The quantitative estimate of drug-likeness (QED) is 0.864. The summed E-state index contributed by atoms with van der Waals surface area (Å²) in [6, 6.07) is 8.30. The number of amides is 2. The molecule has 0 saturated heterocycles. The summed E-state index contributed by atoms with van der Waals surface area (Å²) < 4.78 is 2.04. The van der Waals surface area contributed by atoms with E-state index in [-0.39, 0.29) is 6.03 Å². The van der Waals surface area contributed by atoms with Gasteiger partial charge in [0.25, 0.3) is 0 Å². The lowest BCUT2D eigenvalue weighted by Crippen LogP contribution is -2.43. The summed E-state index contributed by atoms with van der Waals surface area (Å²) in [5.74, 6) is 0.567. The second-order valence-electron chi connectivity index (χ2n) is 6.14. The van der Waals surface area contributed by atoms with E-state index < -0.39 is 0 Å². The zero-order valence-corrected chi connectivity index (χ0v) is 12.7. The number of aryl methyl sites for hydroxylation is 1. The lowest BCUT2D eigenvalue weighted by atomic mass is 9.86. The van der Waals surface area contributed by atoms with Gasteiger partial charge >= 0.3 is 6.03 Å². The Morgan fingerprint density at radius 3 is 2.81 bits per heavy atom. The van der Waals surface area contributed by atoms with Crippen LogP contribution in [0.15, 0.2) is 30.5 Å². The van der Waals surface area contributed by atoms with E-state index in [4.69, 9.17) is 0 Å². The van der Waals surface area contributed by atoms with E-state index in [1.807, 2.05) is 36.0 Å². The van der Waals surface area contributed by atoms with Crippen LogP contribution in [0.4, 0.5) is 10.5 Å². The number of fused-ring (bicyclic) bond motifs is 1. The van der Waals surface area contributed by atoms with E-state index in [1.165, 1.54) is 19.3 Å². The summed E-state index contributed by atoms with van der Waals surface area (Å²) in [4.78, 5) is 12.2. The van der Waals surface area contributed by atoms with Gasteiger partial charge in [-0.05, 0) is 24.8 Å². The maximum Gasteiger partial charge on any atom is 0.319 e. The van der Waals surface area contributed by atoms with E-state index in [0.717, 1.165) is 23.0 Å². The number of aromatic nitrogens is 1. The summed E-state index contributed by atoms with van der Waals surface area (Å²) in [7, 11) is 1.99. The lowest BCUT2D eigenvalue weighted by molar-refractivity contribution is 0.232. The average molecular weight is 285 g/mol. The molecule has 1 fully saturated rings. The first-order valence-corrected chi connectivity index (χ1v) is 7.77. The van der Waals surface area contributed by atoms with Crippen LogP contribution in [-0.2, 0) is 7.05 Å². The molecule has 1 saturated carbocycles. The first-order chi connectivity index (χ1) is 10.1. The molecule has 2 aromatic rings. The van der Waals surface area contributed by atoms with Crippen LogP contribution in [0.3, 0.4) is 0 Å². The van der Waals surface area contributed by atoms with Gasteiger partial charge < -0.3 is 15.2 Å². The molecular formula is C17H23N3O. The fourth-order valence-electron chi connectivity index (χ4n) is 3.30. The SMILES string of the molecule is CC1CCCCC1NC(=O)Nc1cn(C)c2ccccc12. The number of anilines is 1. The second kappa shape index (κ2) is 5.80. The predicted molar refractivity (Wildman–Crippen MR) is 86.5 cm³/mol. The zero-order valence-electron chi connectivity index (χ0n) is 12.7. The molecule has 1 aliphatic rings. The van der Waals surface area contributed by atoms with Gasteiger partial charge in [-0.3, -0.25) is 0 Å². The fourth-order valence-corrected chi connectivity index (χ4v) is 3.30. The molecule has 112 valence electrons. The number of hydrogen-bond acceptors (Lipinski definition) is 1. The summed E-state index contributed by atoms with van der Waals surface area (Å²) in [6.45, 7) is 2.22. The summed E-state index contributed by atoms with van der Waals surface area (Å²) in [5, 5.41) is 7.21. The van der Waals surface area contributed by atoms with Crippen molar-refractivity contribution in [1.82, 2.24) is 9.88 Å². The molecule has 4 heteroatoms. The molecule has 2 N–H and O–H groups in total. The van der Waals surface area contributed by atoms with E-state index in [2.05, 4.69) is 23.6 Å². The Balaban J connectivity index is 1.71. The average Bonchev–Trinajstić information content (AvgIpc) is 2.79. The predicted octanol–water partition coefficient (Wildman–Crippen LogP) is 3.88. The Kier molecular flexibility index (Phi) is 3.86. The van der Waals surface area contributed by atoms with Gasteiger partial charge in [0.2, 0.25) is 0 Å². The fraction of sp³-hybridized carbons (Fsp3) is 0.471. The van der Waals surface area contributed by atoms with Crippen molar-refractivity contribution in [2.75, 3.05) is 5.32 Å². The van der Waals surface area contributed by atoms with Gasteiger partial charge in [-0.15, -0.1) is 0 Å². The third kappa shape index (κ3) is 2.89. The van der Waals surface area contributed by atoms with Crippen molar-refractivity contribution in [3.63, 3.8) is 0 Å². The molecule has 3 rings (SSSR count). The van der Waals surface area contributed by atoms with Crippen molar-refractivity contribution < 1.29 is 4.79 Å². The molecule has 0 radical (unpaired) electrons. The smallest absolute Gasteiger partial charge is 0.319 e. The lowest BCUT2D eigenvalue weighted by Gasteiger charge is -2.29. The van der Waals surface area contributed by atoms with Crippen molar-refractivity contribution in [1.29, 1.82) is 0 Å². The molecule has 1 heterocycles. The highest BCUT2D eigenvalue weighted by atomic mass is 16.2. The van der Waals surface area contributed by atoms with Gasteiger partial charge in [-0.2, -0.15) is 0 Å². The molecule has 2 amide bonds. The second-order valence-corrected chi connectivity index (χ2v) is 6.14. The summed E-state index contributed by atoms with van der Waals surface area (Å²) in [6.07, 6.45) is 6.76. The standard InChI is InChI=1S/C17H23N3O/c1-12-7-3-5-9-14(12)18-17(21)19-15-11-20(2)16-10-6-4-8-13(15)16/h4,6,8,10-12,14H,3,5,7,9H2,1-2H3,(H2,18,19,21). The number of carbonyl (C=O) groups excluding carboxylic acids is 1. The number of carbonyl (C=O) groups is 1. The van der Waals surface area contributed by atoms with E-state index in [0.29, 0.717) is 12.0 Å². The highest BCUT2D eigenvalue weighted by Crippen LogP contribution is 2.26. The van der Waals surface area contributed by atoms with E-state index >= 15 is 0 Å². The molecule has 0 aliphatic heterocycles. The first-order valence-electron chi connectivity index (χ1n) is 7.77. The number of rotatable bonds is 2. The Labute approximate surface area is 125 Å². The first kappa shape index (κ1) is 14.0. The minimum absolute atomic E-state index is 0.0925. The molecular weight excluding hydrogens is 262 g/mol. The number of nitrogens with zero attached hydrogens (tertiary/aromatic N) is 1. The van der Waals surface area contributed by atoms with Crippen LogP contribution in [0.5, 0.6) is 0 Å². The number of benzene rings is 1. The van der Waals surface area contributed by atoms with Gasteiger partial charge in [0.15, 0.2) is 0 Å². The van der Waals surface area contributed by atoms with Crippen LogP contribution >= 0.6 is 0 Å². The molecule has 0 bridgehead atoms. The van der Waals surface area contributed by atoms with Crippen LogP contribution in [0, 0.1) is 5.92 Å². The van der Waals surface area contributed by atoms with Crippen LogP contribution in [0.1, 0.15) is 32.6 Å². The highest BCUT2D eigenvalue weighted by Gasteiger charge is 2.23. The molecule has 1 aromatic carbocycles. The zero-order chi connectivity index (χ0) is 14.8. The van der Waals surface area contributed by atoms with Gasteiger partial charge in [-0.1, -0.05) is 38.0 Å². The summed E-state index contributed by atoms with van der Waals surface area (Å²) >= 11 is 0. The van der Waals surface area contributed by atoms with Crippen molar-refractivity contribution in [2.24, 2.45) is 13.0 Å². The number of nitrogens with one attached hydrogen (secondary N) is 2. The van der Waals surface area contributed by atoms with Gasteiger partial charge in [0.05, 0.1) is 5.69 Å². The normalized spacial score (nSPS) is 22.2. The minimum atomic E-state index is -0.0925. The summed E-state index contributed by atoms with van der Waals surface area (Å²) in [5.41, 5.74) is 1.99. The molecule has 2 unspecified atom stereocenters. The number of urea groups is 1. The number of hydrogen-bond donors (Lipinski definition) is 2. The van der Waals surface area contributed by atoms with Crippen LogP contribution in [-0.4, -0.2) is 16.6 Å². The highest BCUT2D eigenvalue weighted by molar-refractivity contribution is 6.01. The van der Waals surface area contributed by atoms with Crippen molar-refractivity contribution in [3.05, 3.63) is 30.5 Å². The maximum atomic E-state index is 12.2. The molecule has 21 heavy (non-hydrogen) atoms. The Bertz CT molecular complexity index is 647. The van der Waals surface area contributed by atoms with Gasteiger partial charge in [0.1, 0.15) is 0 Å². The van der Waals surface area contributed by atoms with Gasteiger partial charge in [0, 0.05) is 30.2 Å². The molecule has 1 aliphatic carbocycles. The van der Waals surface area contributed by atoms with E-state index in [1.54, 1.807) is 0 Å². The van der Waals surface area contributed by atoms with E-state index in [9.17, 15) is 4.79 Å².